The maximum atomic E-state index is 5.27. The summed E-state index contributed by atoms with van der Waals surface area (Å²) in [7, 11) is 1.74. The Bertz CT molecular complexity index is 362. The molecular formula is C15H23NO. The summed E-state index contributed by atoms with van der Waals surface area (Å²) in [6.45, 7) is 3.40. The van der Waals surface area contributed by atoms with E-state index in [2.05, 4.69) is 30.4 Å². The van der Waals surface area contributed by atoms with Crippen molar-refractivity contribution in [2.45, 2.75) is 45.1 Å². The van der Waals surface area contributed by atoms with Crippen molar-refractivity contribution >= 4 is 0 Å². The van der Waals surface area contributed by atoms with Gasteiger partial charge in [0.25, 0.3) is 0 Å². The molecule has 1 N–H and O–H groups in total. The average molecular weight is 233 g/mol. The van der Waals surface area contributed by atoms with Crippen molar-refractivity contribution in [3.63, 3.8) is 0 Å². The molecule has 94 valence electrons. The summed E-state index contributed by atoms with van der Waals surface area (Å²) < 4.78 is 5.27. The first-order valence-corrected chi connectivity index (χ1v) is 6.72. The summed E-state index contributed by atoms with van der Waals surface area (Å²) in [6, 6.07) is 7.16. The molecule has 17 heavy (non-hydrogen) atoms. The first kappa shape index (κ1) is 12.4. The molecule has 0 saturated heterocycles. The second-order valence-electron chi connectivity index (χ2n) is 4.88. The Kier molecular flexibility index (Phi) is 4.43. The zero-order chi connectivity index (χ0) is 12.1. The summed E-state index contributed by atoms with van der Waals surface area (Å²) in [5.74, 6) is 0.987. The van der Waals surface area contributed by atoms with Gasteiger partial charge in [-0.25, -0.2) is 0 Å². The summed E-state index contributed by atoms with van der Waals surface area (Å²) in [5.41, 5.74) is 2.96. The molecule has 0 aliphatic heterocycles. The van der Waals surface area contributed by atoms with Crippen LogP contribution in [0.25, 0.3) is 0 Å². The quantitative estimate of drug-likeness (QED) is 0.790. The largest absolute Gasteiger partial charge is 0.497 e. The van der Waals surface area contributed by atoms with Crippen LogP contribution in [-0.2, 0) is 12.8 Å². The number of rotatable bonds is 5. The SMILES string of the molecule is CCCCNC1CCc2cc(OC)ccc2C1. The number of hydrogen-bond donors (Lipinski definition) is 1. The summed E-state index contributed by atoms with van der Waals surface area (Å²) >= 11 is 0. The van der Waals surface area contributed by atoms with Gasteiger partial charge in [-0.3, -0.25) is 0 Å². The molecule has 2 heteroatoms. The fourth-order valence-corrected chi connectivity index (χ4v) is 2.52. The summed E-state index contributed by atoms with van der Waals surface area (Å²) in [4.78, 5) is 0. The van der Waals surface area contributed by atoms with Gasteiger partial charge < -0.3 is 10.1 Å². The first-order valence-electron chi connectivity index (χ1n) is 6.72. The maximum absolute atomic E-state index is 5.27. The van der Waals surface area contributed by atoms with Crippen molar-refractivity contribution in [2.24, 2.45) is 0 Å². The number of nitrogens with one attached hydrogen (secondary N) is 1. The molecule has 0 heterocycles. The molecule has 1 unspecified atom stereocenters. The van der Waals surface area contributed by atoms with Gasteiger partial charge >= 0.3 is 0 Å². The predicted octanol–water partition coefficient (Wildman–Crippen LogP) is 2.94. The van der Waals surface area contributed by atoms with Crippen molar-refractivity contribution in [2.75, 3.05) is 13.7 Å². The zero-order valence-corrected chi connectivity index (χ0v) is 11.0. The molecule has 0 fully saturated rings. The fourth-order valence-electron chi connectivity index (χ4n) is 2.52. The monoisotopic (exact) mass is 233 g/mol. The third-order valence-electron chi connectivity index (χ3n) is 3.61. The second kappa shape index (κ2) is 6.06. The number of aryl methyl sites for hydroxylation is 1. The molecule has 0 aromatic heterocycles. The smallest absolute Gasteiger partial charge is 0.119 e. The number of methoxy groups -OCH3 is 1. The fraction of sp³-hybridized carbons (Fsp3) is 0.600. The summed E-state index contributed by atoms with van der Waals surface area (Å²) in [5, 5.41) is 3.66. The molecule has 1 aromatic carbocycles. The molecular weight excluding hydrogens is 210 g/mol. The van der Waals surface area contributed by atoms with E-state index in [0.29, 0.717) is 6.04 Å². The molecule has 1 aliphatic carbocycles. The van der Waals surface area contributed by atoms with E-state index in [9.17, 15) is 0 Å². The number of fused-ring (bicyclic) bond motifs is 1. The second-order valence-corrected chi connectivity index (χ2v) is 4.88. The predicted molar refractivity (Wildman–Crippen MR) is 71.7 cm³/mol. The van der Waals surface area contributed by atoms with E-state index in [0.717, 1.165) is 12.3 Å². The van der Waals surface area contributed by atoms with Gasteiger partial charge in [0.05, 0.1) is 7.11 Å². The van der Waals surface area contributed by atoms with Crippen molar-refractivity contribution in [1.82, 2.24) is 5.32 Å². The molecule has 0 radical (unpaired) electrons. The van der Waals surface area contributed by atoms with Gasteiger partial charge in [0.2, 0.25) is 0 Å². The normalized spacial score (nSPS) is 18.8. The van der Waals surface area contributed by atoms with Crippen molar-refractivity contribution in [1.29, 1.82) is 0 Å². The number of unbranched alkanes of at least 4 members (excludes halogenated alkanes) is 1. The lowest BCUT2D eigenvalue weighted by molar-refractivity contribution is 0.411. The van der Waals surface area contributed by atoms with E-state index in [1.165, 1.54) is 43.2 Å². The van der Waals surface area contributed by atoms with E-state index in [1.807, 2.05) is 0 Å². The van der Waals surface area contributed by atoms with Crippen LogP contribution in [0, 0.1) is 0 Å². The highest BCUT2D eigenvalue weighted by Crippen LogP contribution is 2.25. The van der Waals surface area contributed by atoms with Crippen LogP contribution in [0.3, 0.4) is 0 Å². The van der Waals surface area contributed by atoms with Crippen LogP contribution in [0.4, 0.5) is 0 Å². The van der Waals surface area contributed by atoms with Gasteiger partial charge in [0.15, 0.2) is 0 Å². The van der Waals surface area contributed by atoms with E-state index in [-0.39, 0.29) is 0 Å². The van der Waals surface area contributed by atoms with Crippen LogP contribution in [-0.4, -0.2) is 19.7 Å². The van der Waals surface area contributed by atoms with Crippen LogP contribution in [0.15, 0.2) is 18.2 Å². The van der Waals surface area contributed by atoms with Gasteiger partial charge in [-0.05, 0) is 55.5 Å². The zero-order valence-electron chi connectivity index (χ0n) is 11.0. The highest BCUT2D eigenvalue weighted by atomic mass is 16.5. The third-order valence-corrected chi connectivity index (χ3v) is 3.61. The Morgan fingerprint density at radius 2 is 2.24 bits per heavy atom. The van der Waals surface area contributed by atoms with Crippen LogP contribution in [0.1, 0.15) is 37.3 Å². The van der Waals surface area contributed by atoms with Gasteiger partial charge in [-0.15, -0.1) is 0 Å². The first-order chi connectivity index (χ1) is 8.33. The number of benzene rings is 1. The van der Waals surface area contributed by atoms with E-state index < -0.39 is 0 Å². The van der Waals surface area contributed by atoms with Crippen LogP contribution in [0.2, 0.25) is 0 Å². The molecule has 1 atom stereocenters. The number of ether oxygens (including phenoxy) is 1. The molecule has 2 rings (SSSR count). The maximum Gasteiger partial charge on any atom is 0.119 e. The van der Waals surface area contributed by atoms with Crippen LogP contribution >= 0.6 is 0 Å². The molecule has 0 bridgehead atoms. The lowest BCUT2D eigenvalue weighted by Gasteiger charge is -2.26. The van der Waals surface area contributed by atoms with Gasteiger partial charge in [-0.1, -0.05) is 19.4 Å². The minimum atomic E-state index is 0.669. The van der Waals surface area contributed by atoms with Gasteiger partial charge in [0, 0.05) is 6.04 Å². The van der Waals surface area contributed by atoms with E-state index in [4.69, 9.17) is 4.74 Å². The molecule has 2 nitrogen and oxygen atoms in total. The molecule has 0 amide bonds. The van der Waals surface area contributed by atoms with E-state index in [1.54, 1.807) is 7.11 Å². The number of hydrogen-bond acceptors (Lipinski definition) is 2. The lowest BCUT2D eigenvalue weighted by atomic mass is 9.88. The van der Waals surface area contributed by atoms with E-state index >= 15 is 0 Å². The Balaban J connectivity index is 1.94. The lowest BCUT2D eigenvalue weighted by Crippen LogP contribution is -2.35. The Morgan fingerprint density at radius 1 is 1.35 bits per heavy atom. The highest BCUT2D eigenvalue weighted by molar-refractivity contribution is 5.37. The topological polar surface area (TPSA) is 21.3 Å². The minimum absolute atomic E-state index is 0.669. The highest BCUT2D eigenvalue weighted by Gasteiger charge is 2.18. The Morgan fingerprint density at radius 3 is 3.00 bits per heavy atom. The summed E-state index contributed by atoms with van der Waals surface area (Å²) in [6.07, 6.45) is 6.16. The Labute approximate surface area is 104 Å². The molecule has 0 spiro atoms. The van der Waals surface area contributed by atoms with Crippen molar-refractivity contribution < 1.29 is 4.74 Å². The third kappa shape index (κ3) is 3.22. The molecule has 0 saturated carbocycles. The van der Waals surface area contributed by atoms with Crippen molar-refractivity contribution in [3.05, 3.63) is 29.3 Å². The van der Waals surface area contributed by atoms with Gasteiger partial charge in [0.1, 0.15) is 5.75 Å². The van der Waals surface area contributed by atoms with Crippen molar-refractivity contribution in [3.8, 4) is 5.75 Å². The van der Waals surface area contributed by atoms with Crippen LogP contribution in [0.5, 0.6) is 5.75 Å². The van der Waals surface area contributed by atoms with Crippen LogP contribution < -0.4 is 10.1 Å². The minimum Gasteiger partial charge on any atom is -0.497 e. The Hall–Kier alpha value is -1.02. The molecule has 1 aromatic rings. The standard InChI is InChI=1S/C15H23NO/c1-3-4-9-16-14-7-5-13-11-15(17-2)8-6-12(13)10-14/h6,8,11,14,16H,3-5,7,9-10H2,1-2H3. The average Bonchev–Trinajstić information content (AvgIpc) is 2.38. The van der Waals surface area contributed by atoms with Gasteiger partial charge in [-0.2, -0.15) is 0 Å². The molecule has 1 aliphatic rings.